The molecule has 0 bridgehead atoms. The van der Waals surface area contributed by atoms with E-state index in [1.165, 1.54) is 12.0 Å². The van der Waals surface area contributed by atoms with Gasteiger partial charge in [0.2, 0.25) is 0 Å². The van der Waals surface area contributed by atoms with Crippen molar-refractivity contribution < 1.29 is 5.11 Å². The van der Waals surface area contributed by atoms with E-state index in [-0.39, 0.29) is 12.0 Å². The van der Waals surface area contributed by atoms with Gasteiger partial charge in [0.25, 0.3) is 0 Å². The Bertz CT molecular complexity index is 348. The zero-order valence-electron chi connectivity index (χ0n) is 9.53. The van der Waals surface area contributed by atoms with Gasteiger partial charge in [-0.25, -0.2) is 0 Å². The number of hydrogen-bond acceptors (Lipinski definition) is 2. The number of nitrogens with zero attached hydrogens (tertiary/aromatic N) is 1. The molecule has 1 aromatic heterocycles. The van der Waals surface area contributed by atoms with Crippen molar-refractivity contribution in [3.8, 4) is 0 Å². The van der Waals surface area contributed by atoms with E-state index >= 15 is 0 Å². The van der Waals surface area contributed by atoms with E-state index in [0.29, 0.717) is 0 Å². The van der Waals surface area contributed by atoms with Crippen LogP contribution in [0.4, 0.5) is 0 Å². The van der Waals surface area contributed by atoms with Crippen molar-refractivity contribution in [2.24, 2.45) is 0 Å². The third-order valence-electron chi connectivity index (χ3n) is 3.36. The molecular weight excluding hydrogens is 186 g/mol. The van der Waals surface area contributed by atoms with Crippen LogP contribution in [0.15, 0.2) is 12.1 Å². The van der Waals surface area contributed by atoms with E-state index in [4.69, 9.17) is 0 Å². The molecule has 2 rings (SSSR count). The van der Waals surface area contributed by atoms with Gasteiger partial charge < -0.3 is 5.11 Å². The summed E-state index contributed by atoms with van der Waals surface area (Å²) in [6, 6.07) is 4.15. The fourth-order valence-electron chi connectivity index (χ4n) is 2.45. The monoisotopic (exact) mass is 205 g/mol. The highest BCUT2D eigenvalue weighted by Crippen LogP contribution is 2.33. The van der Waals surface area contributed by atoms with Gasteiger partial charge in [0.1, 0.15) is 0 Å². The molecule has 1 fully saturated rings. The lowest BCUT2D eigenvalue weighted by Crippen LogP contribution is -2.24. The molecule has 15 heavy (non-hydrogen) atoms. The maximum atomic E-state index is 10.00. The van der Waals surface area contributed by atoms with Crippen molar-refractivity contribution in [2.75, 3.05) is 0 Å². The molecule has 1 aromatic rings. The highest BCUT2D eigenvalue weighted by molar-refractivity contribution is 5.25. The van der Waals surface area contributed by atoms with Crippen molar-refractivity contribution in [1.29, 1.82) is 0 Å². The van der Waals surface area contributed by atoms with Gasteiger partial charge in [-0.15, -0.1) is 0 Å². The second-order valence-corrected chi connectivity index (χ2v) is 4.61. The number of pyridine rings is 1. The number of aliphatic hydroxyl groups is 1. The largest absolute Gasteiger partial charge is 0.392 e. The predicted octanol–water partition coefficient (Wildman–Crippen LogP) is 2.72. The number of aryl methyl sites for hydroxylation is 2. The molecule has 0 aliphatic heterocycles. The summed E-state index contributed by atoms with van der Waals surface area (Å²) in [5.41, 5.74) is 3.38. The van der Waals surface area contributed by atoms with Crippen LogP contribution < -0.4 is 0 Å². The molecular formula is C13H19NO. The minimum Gasteiger partial charge on any atom is -0.392 e. The smallest absolute Gasteiger partial charge is 0.0623 e. The summed E-state index contributed by atoms with van der Waals surface area (Å²) in [7, 11) is 0. The van der Waals surface area contributed by atoms with Crippen LogP contribution in [-0.4, -0.2) is 16.2 Å². The number of aliphatic hydroxyl groups excluding tert-OH is 1. The molecule has 2 nitrogen and oxygen atoms in total. The Labute approximate surface area is 91.4 Å². The minimum atomic E-state index is -0.188. The zero-order valence-corrected chi connectivity index (χ0v) is 9.53. The third-order valence-corrected chi connectivity index (χ3v) is 3.36. The summed E-state index contributed by atoms with van der Waals surface area (Å²) in [6.07, 6.45) is 4.20. The van der Waals surface area contributed by atoms with E-state index in [1.807, 2.05) is 13.0 Å². The van der Waals surface area contributed by atoms with Crippen LogP contribution in [0, 0.1) is 13.8 Å². The summed E-state index contributed by atoms with van der Waals surface area (Å²) >= 11 is 0. The first kappa shape index (κ1) is 10.6. The Kier molecular flexibility index (Phi) is 3.06. The van der Waals surface area contributed by atoms with E-state index < -0.39 is 0 Å². The van der Waals surface area contributed by atoms with Crippen molar-refractivity contribution >= 4 is 0 Å². The Morgan fingerprint density at radius 1 is 1.20 bits per heavy atom. The van der Waals surface area contributed by atoms with Gasteiger partial charge in [-0.2, -0.15) is 0 Å². The van der Waals surface area contributed by atoms with Crippen molar-refractivity contribution in [1.82, 2.24) is 4.98 Å². The van der Waals surface area contributed by atoms with Crippen LogP contribution in [0.5, 0.6) is 0 Å². The quantitative estimate of drug-likeness (QED) is 0.764. The molecule has 0 radical (unpaired) electrons. The Morgan fingerprint density at radius 2 is 1.93 bits per heavy atom. The first-order chi connectivity index (χ1) is 7.18. The average Bonchev–Trinajstić information content (AvgIpc) is 2.23. The van der Waals surface area contributed by atoms with E-state index in [2.05, 4.69) is 18.0 Å². The summed E-state index contributed by atoms with van der Waals surface area (Å²) in [5.74, 6) is 0.263. The summed E-state index contributed by atoms with van der Waals surface area (Å²) in [6.45, 7) is 4.10. The first-order valence-electron chi connectivity index (χ1n) is 5.80. The lowest BCUT2D eigenvalue weighted by Gasteiger charge is -2.28. The molecule has 1 aliphatic rings. The number of aromatic nitrogens is 1. The first-order valence-corrected chi connectivity index (χ1v) is 5.80. The molecule has 2 heteroatoms. The second kappa shape index (κ2) is 4.31. The van der Waals surface area contributed by atoms with E-state index in [9.17, 15) is 5.11 Å². The van der Waals surface area contributed by atoms with Crippen LogP contribution in [0.3, 0.4) is 0 Å². The highest BCUT2D eigenvalue weighted by atomic mass is 16.3. The van der Waals surface area contributed by atoms with E-state index in [0.717, 1.165) is 30.7 Å². The maximum Gasteiger partial charge on any atom is 0.0623 e. The standard InChI is InChI=1S/C13H19NO/c1-9-7-8-10(2)14-13(9)11-5-3-4-6-12(11)15/h7-8,11-12,15H,3-6H2,1-2H3/t11-,12-/m1/s1. The van der Waals surface area contributed by atoms with Crippen LogP contribution >= 0.6 is 0 Å². The van der Waals surface area contributed by atoms with Gasteiger partial charge in [-0.1, -0.05) is 18.9 Å². The molecule has 0 amide bonds. The predicted molar refractivity (Wildman–Crippen MR) is 60.9 cm³/mol. The molecule has 1 heterocycles. The Balaban J connectivity index is 2.30. The van der Waals surface area contributed by atoms with Gasteiger partial charge in [-0.05, 0) is 38.3 Å². The normalized spacial score (nSPS) is 26.6. The highest BCUT2D eigenvalue weighted by Gasteiger charge is 2.26. The molecule has 0 aromatic carbocycles. The van der Waals surface area contributed by atoms with Crippen molar-refractivity contribution in [3.05, 3.63) is 29.1 Å². The van der Waals surface area contributed by atoms with Crippen LogP contribution in [0.2, 0.25) is 0 Å². The fourth-order valence-corrected chi connectivity index (χ4v) is 2.45. The molecule has 0 saturated heterocycles. The van der Waals surface area contributed by atoms with Crippen molar-refractivity contribution in [3.63, 3.8) is 0 Å². The van der Waals surface area contributed by atoms with Crippen LogP contribution in [0.25, 0.3) is 0 Å². The molecule has 1 saturated carbocycles. The molecule has 0 spiro atoms. The van der Waals surface area contributed by atoms with Gasteiger partial charge >= 0.3 is 0 Å². The zero-order chi connectivity index (χ0) is 10.8. The topological polar surface area (TPSA) is 33.1 Å². The van der Waals surface area contributed by atoms with Gasteiger partial charge in [0.15, 0.2) is 0 Å². The lowest BCUT2D eigenvalue weighted by molar-refractivity contribution is 0.104. The SMILES string of the molecule is Cc1ccc(C)c([C@@H]2CCCC[C@H]2O)n1. The minimum absolute atomic E-state index is 0.188. The van der Waals surface area contributed by atoms with Crippen LogP contribution in [-0.2, 0) is 0 Å². The Morgan fingerprint density at radius 3 is 2.67 bits per heavy atom. The number of rotatable bonds is 1. The Hall–Kier alpha value is -0.890. The lowest BCUT2D eigenvalue weighted by atomic mass is 9.83. The maximum absolute atomic E-state index is 10.00. The van der Waals surface area contributed by atoms with Crippen molar-refractivity contribution in [2.45, 2.75) is 51.6 Å². The summed E-state index contributed by atoms with van der Waals surface area (Å²) < 4.78 is 0. The van der Waals surface area contributed by atoms with Gasteiger partial charge in [0.05, 0.1) is 6.10 Å². The molecule has 1 aliphatic carbocycles. The molecule has 82 valence electrons. The third kappa shape index (κ3) is 2.20. The van der Waals surface area contributed by atoms with Crippen LogP contribution in [0.1, 0.15) is 48.6 Å². The second-order valence-electron chi connectivity index (χ2n) is 4.61. The number of hydrogen-bond donors (Lipinski definition) is 1. The molecule has 1 N–H and O–H groups in total. The van der Waals surface area contributed by atoms with Gasteiger partial charge in [-0.3, -0.25) is 4.98 Å². The summed E-state index contributed by atoms with van der Waals surface area (Å²) in [5, 5.41) is 10.00. The fraction of sp³-hybridized carbons (Fsp3) is 0.615. The van der Waals surface area contributed by atoms with Gasteiger partial charge in [0, 0.05) is 17.3 Å². The van der Waals surface area contributed by atoms with E-state index in [1.54, 1.807) is 0 Å². The molecule has 0 unspecified atom stereocenters. The summed E-state index contributed by atoms with van der Waals surface area (Å²) in [4.78, 5) is 4.59. The molecule has 2 atom stereocenters. The average molecular weight is 205 g/mol.